The first-order chi connectivity index (χ1) is 14.2. The van der Waals surface area contributed by atoms with Crippen molar-refractivity contribution in [2.24, 2.45) is 5.92 Å². The number of benzene rings is 1. The van der Waals surface area contributed by atoms with Gasteiger partial charge >= 0.3 is 0 Å². The van der Waals surface area contributed by atoms with Crippen LogP contribution in [0.1, 0.15) is 44.9 Å². The lowest BCUT2D eigenvalue weighted by atomic mass is 9.81. The fourth-order valence-electron chi connectivity index (χ4n) is 4.58. The Hall–Kier alpha value is -3.35. The number of hydrogen-bond acceptors (Lipinski definition) is 4. The second kappa shape index (κ2) is 7.82. The van der Waals surface area contributed by atoms with Crippen LogP contribution in [0.3, 0.4) is 0 Å². The summed E-state index contributed by atoms with van der Waals surface area (Å²) in [5.41, 5.74) is 9.94. The van der Waals surface area contributed by atoms with Crippen molar-refractivity contribution < 1.29 is 4.79 Å². The van der Waals surface area contributed by atoms with Gasteiger partial charge in [-0.2, -0.15) is 0 Å². The van der Waals surface area contributed by atoms with Crippen molar-refractivity contribution in [2.75, 3.05) is 12.8 Å². The number of nitrogens with zero attached hydrogens (tertiary/aromatic N) is 3. The highest BCUT2D eigenvalue weighted by Crippen LogP contribution is 2.38. The Morgan fingerprint density at radius 3 is 2.73 bits per heavy atom. The van der Waals surface area contributed by atoms with Crippen LogP contribution in [0.4, 0.5) is 5.82 Å². The van der Waals surface area contributed by atoms with Crippen LogP contribution in [0, 0.1) is 5.92 Å². The van der Waals surface area contributed by atoms with E-state index in [4.69, 9.17) is 10.7 Å². The molecule has 4 aromatic rings. The van der Waals surface area contributed by atoms with Gasteiger partial charge in [-0.1, -0.05) is 25.6 Å². The Bertz CT molecular complexity index is 1170. The molecule has 1 fully saturated rings. The Morgan fingerprint density at radius 2 is 2.00 bits per heavy atom. The lowest BCUT2D eigenvalue weighted by molar-refractivity contribution is -0.125. The maximum Gasteiger partial charge on any atom is 0.222 e. The van der Waals surface area contributed by atoms with Crippen molar-refractivity contribution in [2.45, 2.75) is 39.0 Å². The average Bonchev–Trinajstić information content (AvgIpc) is 3.35. The first kappa shape index (κ1) is 19.9. The van der Waals surface area contributed by atoms with Gasteiger partial charge in [0.1, 0.15) is 22.9 Å². The van der Waals surface area contributed by atoms with Crippen molar-refractivity contribution in [3.05, 3.63) is 48.5 Å². The molecule has 1 aromatic carbocycles. The van der Waals surface area contributed by atoms with Crippen LogP contribution in [-0.2, 0) is 4.79 Å². The molecule has 4 N–H and O–H groups in total. The zero-order valence-electron chi connectivity index (χ0n) is 16.4. The molecule has 156 valence electrons. The highest BCUT2D eigenvalue weighted by Gasteiger charge is 2.30. The van der Waals surface area contributed by atoms with Gasteiger partial charge in [-0.05, 0) is 37.8 Å². The molecule has 1 amide bonds. The monoisotopic (exact) mass is 404 g/mol. The van der Waals surface area contributed by atoms with Gasteiger partial charge in [0.25, 0.3) is 0 Å². The molecule has 0 aliphatic heterocycles. The first-order valence-electron chi connectivity index (χ1n) is 10.1. The minimum absolute atomic E-state index is 0. The minimum Gasteiger partial charge on any atom is -0.382 e. The number of aromatic amines is 1. The SMILES string of the molecule is C.CNC(=O)C1CCC(c2nc(-c3cc4ccccc4[nH]3)c3c(N)nccn23)CC1. The second-order valence-corrected chi connectivity index (χ2v) is 7.78. The number of anilines is 1. The second-order valence-electron chi connectivity index (χ2n) is 7.78. The van der Waals surface area contributed by atoms with E-state index < -0.39 is 0 Å². The van der Waals surface area contributed by atoms with Crippen LogP contribution in [0.25, 0.3) is 27.8 Å². The number of para-hydroxylation sites is 1. The normalized spacial score (nSPS) is 19.0. The quantitative estimate of drug-likeness (QED) is 0.478. The van der Waals surface area contributed by atoms with Crippen LogP contribution < -0.4 is 11.1 Å². The minimum atomic E-state index is 0. The number of carbonyl (C=O) groups is 1. The summed E-state index contributed by atoms with van der Waals surface area (Å²) in [6.07, 6.45) is 7.28. The molecule has 0 bridgehead atoms. The van der Waals surface area contributed by atoms with Gasteiger partial charge in [-0.25, -0.2) is 9.97 Å². The van der Waals surface area contributed by atoms with Gasteiger partial charge in [0, 0.05) is 42.2 Å². The third kappa shape index (κ3) is 3.20. The van der Waals surface area contributed by atoms with Crippen molar-refractivity contribution >= 4 is 28.1 Å². The Labute approximate surface area is 175 Å². The fourth-order valence-corrected chi connectivity index (χ4v) is 4.58. The Morgan fingerprint density at radius 1 is 1.23 bits per heavy atom. The molecule has 1 aliphatic carbocycles. The molecule has 3 aromatic heterocycles. The number of aromatic nitrogens is 4. The number of nitrogen functional groups attached to an aromatic ring is 1. The molecular formula is C23H28N6O. The molecule has 0 spiro atoms. The lowest BCUT2D eigenvalue weighted by Gasteiger charge is -2.26. The first-order valence-corrected chi connectivity index (χ1v) is 10.1. The fraction of sp³-hybridized carbons (Fsp3) is 0.348. The third-order valence-corrected chi connectivity index (χ3v) is 6.10. The lowest BCUT2D eigenvalue weighted by Crippen LogP contribution is -2.30. The standard InChI is InChI=1S/C22H24N6O.CH4/c1-24-22(29)14-8-6-13(7-9-14)21-27-18(19-20(23)25-10-11-28(19)21)17-12-15-4-2-3-5-16(15)26-17;/h2-5,10-14,26H,6-9H2,1H3,(H2,23,25)(H,24,29);1H4. The molecule has 0 unspecified atom stereocenters. The van der Waals surface area contributed by atoms with E-state index in [0.717, 1.165) is 59.3 Å². The van der Waals surface area contributed by atoms with E-state index in [-0.39, 0.29) is 19.3 Å². The number of H-pyrrole nitrogens is 1. The summed E-state index contributed by atoms with van der Waals surface area (Å²) in [4.78, 5) is 24.8. The zero-order chi connectivity index (χ0) is 20.0. The van der Waals surface area contributed by atoms with Crippen molar-refractivity contribution in [1.82, 2.24) is 24.7 Å². The van der Waals surface area contributed by atoms with Gasteiger partial charge in [0.05, 0.1) is 5.69 Å². The van der Waals surface area contributed by atoms with Crippen molar-refractivity contribution in [3.63, 3.8) is 0 Å². The summed E-state index contributed by atoms with van der Waals surface area (Å²) in [6, 6.07) is 10.3. The molecule has 1 aliphatic rings. The summed E-state index contributed by atoms with van der Waals surface area (Å²) in [6.45, 7) is 0. The predicted octanol–water partition coefficient (Wildman–Crippen LogP) is 4.12. The number of amides is 1. The van der Waals surface area contributed by atoms with Crippen LogP contribution >= 0.6 is 0 Å². The number of fused-ring (bicyclic) bond motifs is 2. The van der Waals surface area contributed by atoms with E-state index in [1.54, 1.807) is 13.2 Å². The predicted molar refractivity (Wildman–Crippen MR) is 120 cm³/mol. The van der Waals surface area contributed by atoms with E-state index >= 15 is 0 Å². The summed E-state index contributed by atoms with van der Waals surface area (Å²) >= 11 is 0. The zero-order valence-corrected chi connectivity index (χ0v) is 16.4. The molecule has 7 nitrogen and oxygen atoms in total. The summed E-state index contributed by atoms with van der Waals surface area (Å²) < 4.78 is 2.08. The van der Waals surface area contributed by atoms with E-state index in [0.29, 0.717) is 11.7 Å². The Kier molecular flexibility index (Phi) is 5.20. The summed E-state index contributed by atoms with van der Waals surface area (Å²) in [5, 5.41) is 3.91. The van der Waals surface area contributed by atoms with Crippen LogP contribution in [0.2, 0.25) is 0 Å². The topological polar surface area (TPSA) is 101 Å². The molecule has 5 rings (SSSR count). The number of hydrogen-bond donors (Lipinski definition) is 3. The molecule has 0 saturated heterocycles. The molecule has 30 heavy (non-hydrogen) atoms. The Balaban J connectivity index is 0.00000218. The maximum atomic E-state index is 12.0. The molecule has 1 saturated carbocycles. The highest BCUT2D eigenvalue weighted by molar-refractivity contribution is 5.91. The molecular weight excluding hydrogens is 376 g/mol. The van der Waals surface area contributed by atoms with E-state index in [1.165, 1.54) is 0 Å². The van der Waals surface area contributed by atoms with Crippen LogP contribution in [0.15, 0.2) is 42.7 Å². The van der Waals surface area contributed by atoms with E-state index in [2.05, 4.69) is 37.9 Å². The number of nitrogens with two attached hydrogens (primary N) is 1. The number of nitrogens with one attached hydrogen (secondary N) is 2. The largest absolute Gasteiger partial charge is 0.382 e. The van der Waals surface area contributed by atoms with Crippen LogP contribution in [-0.4, -0.2) is 32.3 Å². The van der Waals surface area contributed by atoms with Gasteiger partial charge in [-0.3, -0.25) is 9.20 Å². The van der Waals surface area contributed by atoms with Crippen molar-refractivity contribution in [1.29, 1.82) is 0 Å². The summed E-state index contributed by atoms with van der Waals surface area (Å²) in [5.74, 6) is 2.01. The maximum absolute atomic E-state index is 12.0. The van der Waals surface area contributed by atoms with E-state index in [9.17, 15) is 4.79 Å². The summed E-state index contributed by atoms with van der Waals surface area (Å²) in [7, 11) is 1.71. The molecule has 3 heterocycles. The molecule has 0 radical (unpaired) electrons. The number of carbonyl (C=O) groups excluding carboxylic acids is 1. The van der Waals surface area contributed by atoms with Crippen LogP contribution in [0.5, 0.6) is 0 Å². The molecule has 7 heteroatoms. The third-order valence-electron chi connectivity index (χ3n) is 6.10. The van der Waals surface area contributed by atoms with Gasteiger partial charge in [0.2, 0.25) is 5.91 Å². The van der Waals surface area contributed by atoms with E-state index in [1.807, 2.05) is 18.3 Å². The number of imidazole rings is 1. The van der Waals surface area contributed by atoms with Crippen molar-refractivity contribution in [3.8, 4) is 11.4 Å². The smallest absolute Gasteiger partial charge is 0.222 e. The van der Waals surface area contributed by atoms with Gasteiger partial charge in [0.15, 0.2) is 0 Å². The number of rotatable bonds is 3. The highest BCUT2D eigenvalue weighted by atomic mass is 16.1. The average molecular weight is 405 g/mol. The van der Waals surface area contributed by atoms with Gasteiger partial charge < -0.3 is 16.0 Å². The van der Waals surface area contributed by atoms with Gasteiger partial charge in [-0.15, -0.1) is 0 Å². The molecule has 0 atom stereocenters.